The van der Waals surface area contributed by atoms with Crippen molar-refractivity contribution in [2.24, 2.45) is 0 Å². The molecule has 0 aromatic heterocycles. The molecule has 0 atom stereocenters. The molecule has 2 aliphatic rings. The Bertz CT molecular complexity index is 1030. The second kappa shape index (κ2) is 9.36. The van der Waals surface area contributed by atoms with E-state index in [4.69, 9.17) is 4.74 Å². The molecular weight excluding hydrogens is 414 g/mol. The molecule has 0 unspecified atom stereocenters. The molecule has 2 aromatic rings. The molecule has 3 amide bonds. The lowest BCUT2D eigenvalue weighted by molar-refractivity contribution is -0.127. The standard InChI is InChI=1S/C23H23N3O4S/c1-16-6-8-17(9-7-16)14-20-22(28)26(23(29)31-20)15-21(27)24-18-4-2-3-5-19(18)25-10-12-30-13-11-25/h2-9,14H,10-13,15H2,1H3,(H,24,27)/b20-14+. The fourth-order valence-corrected chi connectivity index (χ4v) is 4.28. The van der Waals surface area contributed by atoms with Crippen LogP contribution < -0.4 is 10.2 Å². The number of carbonyl (C=O) groups is 3. The summed E-state index contributed by atoms with van der Waals surface area (Å²) in [6, 6.07) is 15.2. The van der Waals surface area contributed by atoms with Gasteiger partial charge in [-0.1, -0.05) is 42.0 Å². The van der Waals surface area contributed by atoms with E-state index in [1.807, 2.05) is 55.5 Å². The van der Waals surface area contributed by atoms with Gasteiger partial charge >= 0.3 is 0 Å². The summed E-state index contributed by atoms with van der Waals surface area (Å²) in [5, 5.41) is 2.41. The van der Waals surface area contributed by atoms with Gasteiger partial charge in [0.05, 0.1) is 29.5 Å². The first-order valence-electron chi connectivity index (χ1n) is 10.0. The Morgan fingerprint density at radius 1 is 1.10 bits per heavy atom. The third-order valence-electron chi connectivity index (χ3n) is 5.08. The van der Waals surface area contributed by atoms with Crippen LogP contribution in [0.1, 0.15) is 11.1 Å². The Hall–Kier alpha value is -3.10. The number of ether oxygens (including phenoxy) is 1. The van der Waals surface area contributed by atoms with Gasteiger partial charge in [0.15, 0.2) is 0 Å². The number of imide groups is 1. The van der Waals surface area contributed by atoms with Gasteiger partial charge in [0.25, 0.3) is 11.1 Å². The maximum atomic E-state index is 12.7. The predicted molar refractivity (Wildman–Crippen MR) is 122 cm³/mol. The maximum Gasteiger partial charge on any atom is 0.294 e. The third kappa shape index (κ3) is 4.98. The van der Waals surface area contributed by atoms with E-state index in [1.165, 1.54) is 0 Å². The van der Waals surface area contributed by atoms with Crippen molar-refractivity contribution >= 4 is 46.3 Å². The van der Waals surface area contributed by atoms with Crippen LogP contribution in [0.3, 0.4) is 0 Å². The molecule has 7 nitrogen and oxygen atoms in total. The van der Waals surface area contributed by atoms with E-state index in [9.17, 15) is 14.4 Å². The monoisotopic (exact) mass is 437 g/mol. The van der Waals surface area contributed by atoms with Gasteiger partial charge < -0.3 is 15.0 Å². The minimum atomic E-state index is -0.452. The molecule has 31 heavy (non-hydrogen) atoms. The number of amides is 3. The number of hydrogen-bond donors (Lipinski definition) is 1. The van der Waals surface area contributed by atoms with Crippen molar-refractivity contribution in [2.45, 2.75) is 6.92 Å². The topological polar surface area (TPSA) is 79.0 Å². The van der Waals surface area contributed by atoms with Gasteiger partial charge in [-0.25, -0.2) is 0 Å². The zero-order valence-corrected chi connectivity index (χ0v) is 18.0. The minimum absolute atomic E-state index is 0.315. The Balaban J connectivity index is 1.44. The van der Waals surface area contributed by atoms with Gasteiger partial charge in [0, 0.05) is 13.1 Å². The molecule has 2 aliphatic heterocycles. The number of hydrogen-bond acceptors (Lipinski definition) is 6. The molecule has 0 spiro atoms. The highest BCUT2D eigenvalue weighted by atomic mass is 32.2. The van der Waals surface area contributed by atoms with Crippen LogP contribution in [-0.4, -0.2) is 54.8 Å². The van der Waals surface area contributed by atoms with Crippen molar-refractivity contribution in [2.75, 3.05) is 43.1 Å². The first-order chi connectivity index (χ1) is 15.0. The number of morpholine rings is 1. The molecule has 0 bridgehead atoms. The van der Waals surface area contributed by atoms with Gasteiger partial charge in [0.2, 0.25) is 5.91 Å². The van der Waals surface area contributed by atoms with Crippen LogP contribution in [0.15, 0.2) is 53.4 Å². The number of rotatable bonds is 5. The number of nitrogens with zero attached hydrogens (tertiary/aromatic N) is 2. The van der Waals surface area contributed by atoms with Crippen LogP contribution >= 0.6 is 11.8 Å². The summed E-state index contributed by atoms with van der Waals surface area (Å²) in [6.45, 7) is 4.39. The molecule has 2 saturated heterocycles. The summed E-state index contributed by atoms with van der Waals surface area (Å²) in [7, 11) is 0. The van der Waals surface area contributed by atoms with E-state index in [-0.39, 0.29) is 6.54 Å². The van der Waals surface area contributed by atoms with Crippen molar-refractivity contribution in [3.63, 3.8) is 0 Å². The smallest absolute Gasteiger partial charge is 0.294 e. The zero-order valence-electron chi connectivity index (χ0n) is 17.2. The van der Waals surface area contributed by atoms with Crippen molar-refractivity contribution in [1.82, 2.24) is 4.90 Å². The van der Waals surface area contributed by atoms with Crippen LogP contribution in [0, 0.1) is 6.92 Å². The van der Waals surface area contributed by atoms with Crippen LogP contribution in [-0.2, 0) is 14.3 Å². The quantitative estimate of drug-likeness (QED) is 0.722. The number of anilines is 2. The van der Waals surface area contributed by atoms with Gasteiger partial charge in [-0.05, 0) is 42.5 Å². The van der Waals surface area contributed by atoms with Crippen molar-refractivity contribution in [3.8, 4) is 0 Å². The first-order valence-corrected chi connectivity index (χ1v) is 10.9. The van der Waals surface area contributed by atoms with Crippen LogP contribution in [0.4, 0.5) is 16.2 Å². The maximum absolute atomic E-state index is 12.7. The number of aryl methyl sites for hydroxylation is 1. The average Bonchev–Trinajstić information content (AvgIpc) is 3.03. The second-order valence-electron chi connectivity index (χ2n) is 7.34. The van der Waals surface area contributed by atoms with Gasteiger partial charge in [-0.3, -0.25) is 19.3 Å². The third-order valence-corrected chi connectivity index (χ3v) is 5.99. The summed E-state index contributed by atoms with van der Waals surface area (Å²) >= 11 is 0.851. The number of thioether (sulfide) groups is 1. The van der Waals surface area contributed by atoms with E-state index < -0.39 is 17.1 Å². The molecular formula is C23H23N3O4S. The molecule has 0 saturated carbocycles. The molecule has 1 N–H and O–H groups in total. The predicted octanol–water partition coefficient (Wildman–Crippen LogP) is 3.51. The van der Waals surface area contributed by atoms with Crippen molar-refractivity contribution in [3.05, 3.63) is 64.6 Å². The highest BCUT2D eigenvalue weighted by molar-refractivity contribution is 8.18. The largest absolute Gasteiger partial charge is 0.378 e. The van der Waals surface area contributed by atoms with Gasteiger partial charge in [-0.15, -0.1) is 0 Å². The Labute approximate surface area is 185 Å². The van der Waals surface area contributed by atoms with E-state index >= 15 is 0 Å². The van der Waals surface area contributed by atoms with Crippen LogP contribution in [0.25, 0.3) is 6.08 Å². The molecule has 2 fully saturated rings. The fourth-order valence-electron chi connectivity index (χ4n) is 3.44. The second-order valence-corrected chi connectivity index (χ2v) is 8.34. The van der Waals surface area contributed by atoms with Crippen LogP contribution in [0.2, 0.25) is 0 Å². The number of benzene rings is 2. The van der Waals surface area contributed by atoms with Crippen molar-refractivity contribution < 1.29 is 19.1 Å². The fraction of sp³-hybridized carbons (Fsp3) is 0.261. The van der Waals surface area contributed by atoms with Crippen molar-refractivity contribution in [1.29, 1.82) is 0 Å². The van der Waals surface area contributed by atoms with Gasteiger partial charge in [-0.2, -0.15) is 0 Å². The number of nitrogens with one attached hydrogen (secondary N) is 1. The summed E-state index contributed by atoms with van der Waals surface area (Å²) in [5.74, 6) is -0.869. The molecule has 160 valence electrons. The lowest BCUT2D eigenvalue weighted by Gasteiger charge is -2.30. The van der Waals surface area contributed by atoms with Crippen LogP contribution in [0.5, 0.6) is 0 Å². The zero-order chi connectivity index (χ0) is 21.8. The summed E-state index contributed by atoms with van der Waals surface area (Å²) in [4.78, 5) is 41.2. The molecule has 4 rings (SSSR count). The molecule has 2 heterocycles. The normalized spacial score (nSPS) is 18.0. The first kappa shape index (κ1) is 21.1. The summed E-state index contributed by atoms with van der Waals surface area (Å²) < 4.78 is 5.39. The molecule has 0 radical (unpaired) electrons. The SMILES string of the molecule is Cc1ccc(/C=C2/SC(=O)N(CC(=O)Nc3ccccc3N3CCOCC3)C2=O)cc1. The highest BCUT2D eigenvalue weighted by Crippen LogP contribution is 2.32. The lowest BCUT2D eigenvalue weighted by Crippen LogP contribution is -2.38. The summed E-state index contributed by atoms with van der Waals surface area (Å²) in [6.07, 6.45) is 1.68. The van der Waals surface area contributed by atoms with E-state index in [0.717, 1.165) is 46.6 Å². The van der Waals surface area contributed by atoms with E-state index in [2.05, 4.69) is 10.2 Å². The van der Waals surface area contributed by atoms with E-state index in [1.54, 1.807) is 6.08 Å². The highest BCUT2D eigenvalue weighted by Gasteiger charge is 2.36. The molecule has 2 aromatic carbocycles. The van der Waals surface area contributed by atoms with E-state index in [0.29, 0.717) is 23.8 Å². The Morgan fingerprint density at radius 2 is 1.81 bits per heavy atom. The Kier molecular flexibility index (Phi) is 6.39. The lowest BCUT2D eigenvalue weighted by atomic mass is 10.1. The molecule has 8 heteroatoms. The minimum Gasteiger partial charge on any atom is -0.378 e. The Morgan fingerprint density at radius 3 is 2.55 bits per heavy atom. The number of carbonyl (C=O) groups excluding carboxylic acids is 3. The number of para-hydroxylation sites is 2. The van der Waals surface area contributed by atoms with Gasteiger partial charge in [0.1, 0.15) is 6.54 Å². The average molecular weight is 438 g/mol. The summed E-state index contributed by atoms with van der Waals surface area (Å²) in [5.41, 5.74) is 3.49. The molecule has 0 aliphatic carbocycles.